The predicted octanol–water partition coefficient (Wildman–Crippen LogP) is 1.20. The van der Waals surface area contributed by atoms with Crippen LogP contribution in [0.2, 0.25) is 0 Å². The van der Waals surface area contributed by atoms with Crippen LogP contribution in [0.3, 0.4) is 0 Å². The number of halogens is 1. The van der Waals surface area contributed by atoms with Crippen molar-refractivity contribution in [2.45, 2.75) is 26.8 Å². The second kappa shape index (κ2) is 8.10. The van der Waals surface area contributed by atoms with Crippen molar-refractivity contribution in [1.29, 1.82) is 0 Å². The van der Waals surface area contributed by atoms with Gasteiger partial charge < -0.3 is 10.6 Å². The summed E-state index contributed by atoms with van der Waals surface area (Å²) in [6, 6.07) is 0.442. The molecule has 0 amide bonds. The molecule has 0 unspecified atom stereocenters. The molecule has 0 radical (unpaired) electrons. The topological polar surface area (TPSA) is 36.4 Å². The van der Waals surface area contributed by atoms with E-state index in [9.17, 15) is 0 Å². The summed E-state index contributed by atoms with van der Waals surface area (Å²) in [5, 5.41) is 6.27. The Hall–Kier alpha value is 0. The fraction of sp³-hybridized carbons (Fsp3) is 0.857. The molecule has 0 aromatic rings. The van der Waals surface area contributed by atoms with Crippen molar-refractivity contribution in [3.63, 3.8) is 0 Å². The normalized spacial score (nSPS) is 10.8. The largest absolute Gasteiger partial charge is 0.357 e. The van der Waals surface area contributed by atoms with Gasteiger partial charge in [-0.2, -0.15) is 0 Å². The van der Waals surface area contributed by atoms with E-state index in [0.717, 1.165) is 12.5 Å². The molecule has 2 N–H and O–H groups in total. The molecule has 3 nitrogen and oxygen atoms in total. The molecule has 0 aromatic carbocycles. The van der Waals surface area contributed by atoms with E-state index >= 15 is 0 Å². The monoisotopic (exact) mass is 271 g/mol. The second-order valence-corrected chi connectivity index (χ2v) is 2.40. The minimum atomic E-state index is 0. The minimum absolute atomic E-state index is 0. The Kier molecular flexibility index (Phi) is 10.0. The second-order valence-electron chi connectivity index (χ2n) is 2.40. The third kappa shape index (κ3) is 7.90. The molecule has 11 heavy (non-hydrogen) atoms. The quantitative estimate of drug-likeness (QED) is 0.450. The lowest BCUT2D eigenvalue weighted by Gasteiger charge is -2.12. The van der Waals surface area contributed by atoms with Gasteiger partial charge in [-0.05, 0) is 20.8 Å². The van der Waals surface area contributed by atoms with E-state index in [0.29, 0.717) is 6.04 Å². The molecule has 68 valence electrons. The number of aliphatic imine (C=N–C) groups is 1. The lowest BCUT2D eigenvalue weighted by molar-refractivity contribution is 0.705. The first-order valence-corrected chi connectivity index (χ1v) is 3.67. The van der Waals surface area contributed by atoms with Crippen LogP contribution in [0.15, 0.2) is 4.99 Å². The van der Waals surface area contributed by atoms with Crippen LogP contribution in [-0.4, -0.2) is 25.6 Å². The number of guanidine groups is 1. The van der Waals surface area contributed by atoms with E-state index in [4.69, 9.17) is 0 Å². The van der Waals surface area contributed by atoms with Crippen LogP contribution < -0.4 is 10.6 Å². The Morgan fingerprint density at radius 2 is 2.00 bits per heavy atom. The summed E-state index contributed by atoms with van der Waals surface area (Å²) in [5.74, 6) is 0.873. The molecule has 0 aliphatic heterocycles. The zero-order chi connectivity index (χ0) is 7.98. The van der Waals surface area contributed by atoms with E-state index in [1.54, 1.807) is 7.05 Å². The van der Waals surface area contributed by atoms with E-state index in [-0.39, 0.29) is 24.0 Å². The summed E-state index contributed by atoms with van der Waals surface area (Å²) >= 11 is 0. The first kappa shape index (κ1) is 13.6. The lowest BCUT2D eigenvalue weighted by Crippen LogP contribution is -2.40. The van der Waals surface area contributed by atoms with Gasteiger partial charge in [-0.3, -0.25) is 4.99 Å². The Balaban J connectivity index is 0. The first-order valence-electron chi connectivity index (χ1n) is 3.67. The third-order valence-electron chi connectivity index (χ3n) is 0.993. The van der Waals surface area contributed by atoms with Gasteiger partial charge in [0.1, 0.15) is 0 Å². The number of hydrogen-bond acceptors (Lipinski definition) is 1. The van der Waals surface area contributed by atoms with Gasteiger partial charge in [-0.25, -0.2) is 0 Å². The molecule has 0 heterocycles. The van der Waals surface area contributed by atoms with Gasteiger partial charge in [0, 0.05) is 19.6 Å². The fourth-order valence-corrected chi connectivity index (χ4v) is 0.636. The van der Waals surface area contributed by atoms with Crippen LogP contribution in [0.4, 0.5) is 0 Å². The standard InChI is InChI=1S/C7H17N3.HI/c1-5-9-7(8-4)10-6(2)3;/h6H,5H2,1-4H3,(H2,8,9,10);1H. The van der Waals surface area contributed by atoms with E-state index < -0.39 is 0 Å². The summed E-state index contributed by atoms with van der Waals surface area (Å²) in [6.45, 7) is 7.13. The maximum absolute atomic E-state index is 4.01. The number of hydrogen-bond donors (Lipinski definition) is 2. The molecule has 4 heteroatoms. The molecule has 0 aliphatic carbocycles. The average molecular weight is 271 g/mol. The number of nitrogens with one attached hydrogen (secondary N) is 2. The van der Waals surface area contributed by atoms with Crippen LogP contribution in [0.1, 0.15) is 20.8 Å². The Morgan fingerprint density at radius 1 is 1.45 bits per heavy atom. The maximum Gasteiger partial charge on any atom is 0.191 e. The van der Waals surface area contributed by atoms with Crippen LogP contribution in [-0.2, 0) is 0 Å². The number of nitrogens with zero attached hydrogens (tertiary/aromatic N) is 1. The van der Waals surface area contributed by atoms with Crippen molar-refractivity contribution < 1.29 is 0 Å². The molecule has 0 saturated carbocycles. The van der Waals surface area contributed by atoms with Crippen molar-refractivity contribution in [1.82, 2.24) is 10.6 Å². The van der Waals surface area contributed by atoms with Gasteiger partial charge in [-0.1, -0.05) is 0 Å². The zero-order valence-corrected chi connectivity index (χ0v) is 9.97. The van der Waals surface area contributed by atoms with Crippen molar-refractivity contribution in [2.75, 3.05) is 13.6 Å². The number of rotatable bonds is 2. The Labute approximate surface area is 86.1 Å². The average Bonchev–Trinajstić information content (AvgIpc) is 1.86. The molecule has 0 fully saturated rings. The highest BCUT2D eigenvalue weighted by Crippen LogP contribution is 1.75. The molecule has 0 aromatic heterocycles. The minimum Gasteiger partial charge on any atom is -0.357 e. The van der Waals surface area contributed by atoms with Crippen molar-refractivity contribution in [2.24, 2.45) is 4.99 Å². The predicted molar refractivity (Wildman–Crippen MR) is 60.7 cm³/mol. The van der Waals surface area contributed by atoms with Gasteiger partial charge in [0.15, 0.2) is 5.96 Å². The Bertz CT molecular complexity index is 112. The van der Waals surface area contributed by atoms with E-state index in [2.05, 4.69) is 29.5 Å². The highest BCUT2D eigenvalue weighted by Gasteiger charge is 1.95. The first-order chi connectivity index (χ1) is 4.70. The SMILES string of the molecule is CCNC(=NC)NC(C)C.I. The van der Waals surface area contributed by atoms with Gasteiger partial charge in [0.25, 0.3) is 0 Å². The molecule has 0 rings (SSSR count). The van der Waals surface area contributed by atoms with E-state index in [1.165, 1.54) is 0 Å². The van der Waals surface area contributed by atoms with Gasteiger partial charge in [0.05, 0.1) is 0 Å². The molecule has 0 saturated heterocycles. The molecular formula is C7H18IN3. The summed E-state index contributed by atoms with van der Waals surface area (Å²) in [6.07, 6.45) is 0. The van der Waals surface area contributed by atoms with Crippen molar-refractivity contribution in [3.8, 4) is 0 Å². The molecule has 0 bridgehead atoms. The van der Waals surface area contributed by atoms with Crippen LogP contribution >= 0.6 is 24.0 Å². The molecule has 0 atom stereocenters. The maximum atomic E-state index is 4.01. The van der Waals surface area contributed by atoms with E-state index in [1.807, 2.05) is 6.92 Å². The van der Waals surface area contributed by atoms with Gasteiger partial charge >= 0.3 is 0 Å². The fourth-order valence-electron chi connectivity index (χ4n) is 0.636. The van der Waals surface area contributed by atoms with Crippen LogP contribution in [0.5, 0.6) is 0 Å². The summed E-state index contributed by atoms with van der Waals surface area (Å²) in [4.78, 5) is 4.01. The summed E-state index contributed by atoms with van der Waals surface area (Å²) < 4.78 is 0. The summed E-state index contributed by atoms with van der Waals surface area (Å²) in [5.41, 5.74) is 0. The molecular weight excluding hydrogens is 253 g/mol. The smallest absolute Gasteiger partial charge is 0.191 e. The van der Waals surface area contributed by atoms with Gasteiger partial charge in [-0.15, -0.1) is 24.0 Å². The van der Waals surface area contributed by atoms with Crippen molar-refractivity contribution >= 4 is 29.9 Å². The van der Waals surface area contributed by atoms with Crippen LogP contribution in [0.25, 0.3) is 0 Å². The third-order valence-corrected chi connectivity index (χ3v) is 0.993. The van der Waals surface area contributed by atoms with Gasteiger partial charge in [0.2, 0.25) is 0 Å². The highest BCUT2D eigenvalue weighted by molar-refractivity contribution is 14.0. The Morgan fingerprint density at radius 3 is 2.27 bits per heavy atom. The van der Waals surface area contributed by atoms with Crippen molar-refractivity contribution in [3.05, 3.63) is 0 Å². The zero-order valence-electron chi connectivity index (χ0n) is 7.64. The molecule has 0 spiro atoms. The van der Waals surface area contributed by atoms with Crippen LogP contribution in [0, 0.1) is 0 Å². The lowest BCUT2D eigenvalue weighted by atomic mass is 10.4. The molecule has 0 aliphatic rings. The summed E-state index contributed by atoms with van der Waals surface area (Å²) in [7, 11) is 1.77. The highest BCUT2D eigenvalue weighted by atomic mass is 127.